The third kappa shape index (κ3) is 5.17. The number of para-hydroxylation sites is 1. The minimum Gasteiger partial charge on any atom is -0.451 e. The van der Waals surface area contributed by atoms with Crippen molar-refractivity contribution in [2.24, 2.45) is 5.92 Å². The van der Waals surface area contributed by atoms with Crippen LogP contribution in [0.1, 0.15) is 34.5 Å². The molecule has 2 N–H and O–H groups in total. The van der Waals surface area contributed by atoms with Crippen LogP contribution in [0.25, 0.3) is 11.0 Å². The quantitative estimate of drug-likeness (QED) is 0.605. The number of amides is 3. The van der Waals surface area contributed by atoms with Crippen LogP contribution in [0.5, 0.6) is 0 Å². The Kier molecular flexibility index (Phi) is 6.54. The molecule has 0 unspecified atom stereocenters. The minimum atomic E-state index is -0.636. The third-order valence-corrected chi connectivity index (χ3v) is 5.87. The van der Waals surface area contributed by atoms with Gasteiger partial charge in [-0.1, -0.05) is 48.0 Å². The molecular weight excluding hydrogens is 406 g/mol. The number of nitrogens with one attached hydrogen (secondary N) is 2. The average molecular weight is 434 g/mol. The average Bonchev–Trinajstić information content (AvgIpc) is 3.26. The van der Waals surface area contributed by atoms with Crippen molar-refractivity contribution < 1.29 is 18.8 Å². The van der Waals surface area contributed by atoms with Crippen LogP contribution in [0.2, 0.25) is 0 Å². The molecule has 0 spiro atoms. The predicted molar refractivity (Wildman–Crippen MR) is 121 cm³/mol. The summed E-state index contributed by atoms with van der Waals surface area (Å²) in [5.74, 6) is -0.799. The fraction of sp³-hybridized carbons (Fsp3) is 0.320. The predicted octanol–water partition coefficient (Wildman–Crippen LogP) is 3.03. The summed E-state index contributed by atoms with van der Waals surface area (Å²) in [5, 5.41) is 6.27. The van der Waals surface area contributed by atoms with Gasteiger partial charge in [-0.2, -0.15) is 0 Å². The van der Waals surface area contributed by atoms with E-state index in [9.17, 15) is 14.4 Å². The zero-order chi connectivity index (χ0) is 22.5. The molecule has 3 aromatic rings. The summed E-state index contributed by atoms with van der Waals surface area (Å²) in [6.07, 6.45) is 1.52. The number of hydrogen-bond donors (Lipinski definition) is 2. The molecule has 1 saturated heterocycles. The van der Waals surface area contributed by atoms with Gasteiger partial charge in [0.1, 0.15) is 5.58 Å². The molecule has 1 fully saturated rings. The standard InChI is InChI=1S/C25H27N3O4/c1-17-6-8-18(9-7-17)15-26-23(29)24(30)27-16-19-10-12-28(13-11-19)25(31)22-14-20-4-2-3-5-21(20)32-22/h2-9,14,19H,10-13,15-16H2,1H3,(H,26,29)(H,27,30). The van der Waals surface area contributed by atoms with Crippen molar-refractivity contribution in [3.05, 3.63) is 71.5 Å². The summed E-state index contributed by atoms with van der Waals surface area (Å²) >= 11 is 0. The van der Waals surface area contributed by atoms with Crippen molar-refractivity contribution in [2.75, 3.05) is 19.6 Å². The lowest BCUT2D eigenvalue weighted by Crippen LogP contribution is -2.44. The molecule has 32 heavy (non-hydrogen) atoms. The van der Waals surface area contributed by atoms with E-state index in [1.54, 1.807) is 11.0 Å². The number of carbonyl (C=O) groups is 3. The highest BCUT2D eigenvalue weighted by atomic mass is 16.3. The lowest BCUT2D eigenvalue weighted by Gasteiger charge is -2.31. The molecule has 1 aromatic heterocycles. The molecule has 7 heteroatoms. The largest absolute Gasteiger partial charge is 0.451 e. The van der Waals surface area contributed by atoms with Gasteiger partial charge in [0.25, 0.3) is 5.91 Å². The van der Waals surface area contributed by atoms with E-state index in [1.807, 2.05) is 55.5 Å². The second-order valence-corrected chi connectivity index (χ2v) is 8.26. The smallest absolute Gasteiger partial charge is 0.309 e. The summed E-state index contributed by atoms with van der Waals surface area (Å²) in [4.78, 5) is 38.7. The Morgan fingerprint density at radius 1 is 0.969 bits per heavy atom. The first-order chi connectivity index (χ1) is 15.5. The number of likely N-dealkylation sites (tertiary alicyclic amines) is 1. The lowest BCUT2D eigenvalue weighted by atomic mass is 9.96. The molecule has 2 aromatic carbocycles. The summed E-state index contributed by atoms with van der Waals surface area (Å²) in [5.41, 5.74) is 2.79. The third-order valence-electron chi connectivity index (χ3n) is 5.87. The Labute approximate surface area is 186 Å². The fourth-order valence-corrected chi connectivity index (χ4v) is 3.87. The van der Waals surface area contributed by atoms with Gasteiger partial charge in [-0.3, -0.25) is 14.4 Å². The van der Waals surface area contributed by atoms with E-state index in [-0.39, 0.29) is 11.8 Å². The zero-order valence-electron chi connectivity index (χ0n) is 18.1. The molecule has 3 amide bonds. The van der Waals surface area contributed by atoms with Gasteiger partial charge in [-0.15, -0.1) is 0 Å². The molecule has 0 aliphatic carbocycles. The van der Waals surface area contributed by atoms with E-state index in [0.29, 0.717) is 37.5 Å². The topological polar surface area (TPSA) is 91.7 Å². The fourth-order valence-electron chi connectivity index (χ4n) is 3.87. The first kappa shape index (κ1) is 21.6. The number of rotatable bonds is 5. The van der Waals surface area contributed by atoms with Crippen LogP contribution in [0.3, 0.4) is 0 Å². The van der Waals surface area contributed by atoms with Crippen LogP contribution < -0.4 is 10.6 Å². The van der Waals surface area contributed by atoms with Gasteiger partial charge >= 0.3 is 11.8 Å². The first-order valence-corrected chi connectivity index (χ1v) is 10.9. The maximum Gasteiger partial charge on any atom is 0.309 e. The summed E-state index contributed by atoms with van der Waals surface area (Å²) in [6.45, 7) is 3.92. The minimum absolute atomic E-state index is 0.112. The van der Waals surface area contributed by atoms with Gasteiger partial charge in [0.2, 0.25) is 0 Å². The monoisotopic (exact) mass is 433 g/mol. The second-order valence-electron chi connectivity index (χ2n) is 8.26. The molecule has 166 valence electrons. The molecule has 0 radical (unpaired) electrons. The number of fused-ring (bicyclic) bond motifs is 1. The molecule has 2 heterocycles. The Bertz CT molecular complexity index is 1080. The van der Waals surface area contributed by atoms with Crippen LogP contribution in [0.4, 0.5) is 0 Å². The molecule has 1 aliphatic rings. The normalized spacial score (nSPS) is 14.3. The Balaban J connectivity index is 1.19. The number of piperidine rings is 1. The number of nitrogens with zero attached hydrogens (tertiary/aromatic N) is 1. The van der Waals surface area contributed by atoms with E-state index in [4.69, 9.17) is 4.42 Å². The number of benzene rings is 2. The molecule has 4 rings (SSSR count). The van der Waals surface area contributed by atoms with Crippen molar-refractivity contribution in [3.8, 4) is 0 Å². The van der Waals surface area contributed by atoms with Crippen molar-refractivity contribution in [3.63, 3.8) is 0 Å². The zero-order valence-corrected chi connectivity index (χ0v) is 18.1. The van der Waals surface area contributed by atoms with E-state index >= 15 is 0 Å². The number of aryl methyl sites for hydroxylation is 1. The SMILES string of the molecule is Cc1ccc(CNC(=O)C(=O)NCC2CCN(C(=O)c3cc4ccccc4o3)CC2)cc1. The number of hydrogen-bond acceptors (Lipinski definition) is 4. The Hall–Kier alpha value is -3.61. The molecular formula is C25H27N3O4. The molecule has 0 saturated carbocycles. The number of carbonyl (C=O) groups excluding carboxylic acids is 3. The van der Waals surface area contributed by atoms with Gasteiger partial charge in [0, 0.05) is 31.6 Å². The maximum atomic E-state index is 12.7. The van der Waals surface area contributed by atoms with Gasteiger partial charge in [-0.05, 0) is 43.4 Å². The van der Waals surface area contributed by atoms with Gasteiger partial charge in [0.15, 0.2) is 5.76 Å². The second kappa shape index (κ2) is 9.68. The van der Waals surface area contributed by atoms with Gasteiger partial charge in [0.05, 0.1) is 0 Å². The molecule has 7 nitrogen and oxygen atoms in total. The van der Waals surface area contributed by atoms with Crippen LogP contribution in [0, 0.1) is 12.8 Å². The van der Waals surface area contributed by atoms with Crippen molar-refractivity contribution in [2.45, 2.75) is 26.3 Å². The van der Waals surface area contributed by atoms with Crippen molar-refractivity contribution in [1.29, 1.82) is 0 Å². The highest BCUT2D eigenvalue weighted by Gasteiger charge is 2.26. The summed E-state index contributed by atoms with van der Waals surface area (Å²) < 4.78 is 5.68. The summed E-state index contributed by atoms with van der Waals surface area (Å²) in [6, 6.07) is 17.1. The van der Waals surface area contributed by atoms with Crippen LogP contribution in [0.15, 0.2) is 59.0 Å². The maximum absolute atomic E-state index is 12.7. The Morgan fingerprint density at radius 3 is 2.38 bits per heavy atom. The van der Waals surface area contributed by atoms with Crippen molar-refractivity contribution >= 4 is 28.7 Å². The van der Waals surface area contributed by atoms with E-state index < -0.39 is 11.8 Å². The highest BCUT2D eigenvalue weighted by molar-refractivity contribution is 6.35. The molecule has 1 aliphatic heterocycles. The first-order valence-electron chi connectivity index (χ1n) is 10.9. The number of furan rings is 1. The van der Waals surface area contributed by atoms with Gasteiger partial charge in [-0.25, -0.2) is 0 Å². The van der Waals surface area contributed by atoms with Crippen molar-refractivity contribution in [1.82, 2.24) is 15.5 Å². The molecule has 0 bridgehead atoms. The Morgan fingerprint density at radius 2 is 1.66 bits per heavy atom. The van der Waals surface area contributed by atoms with Crippen LogP contribution in [-0.2, 0) is 16.1 Å². The summed E-state index contributed by atoms with van der Waals surface area (Å²) in [7, 11) is 0. The van der Waals surface area contributed by atoms with Crippen LogP contribution in [-0.4, -0.2) is 42.3 Å². The molecule has 0 atom stereocenters. The van der Waals surface area contributed by atoms with Crippen LogP contribution >= 0.6 is 0 Å². The van der Waals surface area contributed by atoms with E-state index in [1.165, 1.54) is 0 Å². The lowest BCUT2D eigenvalue weighted by molar-refractivity contribution is -0.139. The highest BCUT2D eigenvalue weighted by Crippen LogP contribution is 2.23. The van der Waals surface area contributed by atoms with E-state index in [2.05, 4.69) is 10.6 Å². The van der Waals surface area contributed by atoms with E-state index in [0.717, 1.165) is 29.4 Å². The van der Waals surface area contributed by atoms with Gasteiger partial charge < -0.3 is 20.0 Å².